The Morgan fingerprint density at radius 3 is 2.57 bits per heavy atom. The van der Waals surface area contributed by atoms with Crippen LogP contribution in [0.3, 0.4) is 0 Å². The second kappa shape index (κ2) is 6.74. The van der Waals surface area contributed by atoms with Crippen molar-refractivity contribution in [2.75, 3.05) is 19.4 Å². The van der Waals surface area contributed by atoms with Crippen LogP contribution in [0.25, 0.3) is 0 Å². The van der Waals surface area contributed by atoms with Gasteiger partial charge in [0.15, 0.2) is 0 Å². The lowest BCUT2D eigenvalue weighted by Crippen LogP contribution is -2.30. The highest BCUT2D eigenvalue weighted by molar-refractivity contribution is 5.95. The number of hydrogen-bond donors (Lipinski definition) is 1. The number of aromatic nitrogens is 1. The minimum atomic E-state index is -0.0522. The van der Waals surface area contributed by atoms with E-state index in [0.717, 1.165) is 5.56 Å². The molecule has 0 fully saturated rings. The van der Waals surface area contributed by atoms with Crippen molar-refractivity contribution in [3.05, 3.63) is 53.9 Å². The molecule has 2 N–H and O–H groups in total. The van der Waals surface area contributed by atoms with Crippen molar-refractivity contribution in [3.8, 4) is 5.75 Å². The van der Waals surface area contributed by atoms with Crippen molar-refractivity contribution in [1.82, 2.24) is 9.88 Å². The zero-order valence-electron chi connectivity index (χ0n) is 12.2. The van der Waals surface area contributed by atoms with Gasteiger partial charge in [-0.25, -0.2) is 0 Å². The Labute approximate surface area is 124 Å². The average molecular weight is 285 g/mol. The SMILES string of the molecule is CCN(Cc1ccncc1)C(=O)c1ccc(OC)c(N)c1. The van der Waals surface area contributed by atoms with Gasteiger partial charge in [0.05, 0.1) is 12.8 Å². The van der Waals surface area contributed by atoms with Gasteiger partial charge in [-0.3, -0.25) is 9.78 Å². The molecular weight excluding hydrogens is 266 g/mol. The maximum absolute atomic E-state index is 12.5. The third kappa shape index (κ3) is 3.51. The smallest absolute Gasteiger partial charge is 0.254 e. The van der Waals surface area contributed by atoms with Gasteiger partial charge in [-0.2, -0.15) is 0 Å². The molecule has 1 amide bonds. The fourth-order valence-electron chi connectivity index (χ4n) is 2.09. The van der Waals surface area contributed by atoms with E-state index in [4.69, 9.17) is 10.5 Å². The summed E-state index contributed by atoms with van der Waals surface area (Å²) in [6.45, 7) is 3.11. The summed E-state index contributed by atoms with van der Waals surface area (Å²) >= 11 is 0. The summed E-state index contributed by atoms with van der Waals surface area (Å²) in [5.41, 5.74) is 7.92. The third-order valence-electron chi connectivity index (χ3n) is 3.27. The summed E-state index contributed by atoms with van der Waals surface area (Å²) in [5.74, 6) is 0.521. The number of nitrogen functional groups attached to an aromatic ring is 1. The Morgan fingerprint density at radius 1 is 1.29 bits per heavy atom. The zero-order chi connectivity index (χ0) is 15.2. The summed E-state index contributed by atoms with van der Waals surface area (Å²) in [6.07, 6.45) is 3.44. The van der Waals surface area contributed by atoms with Crippen molar-refractivity contribution in [2.45, 2.75) is 13.5 Å². The van der Waals surface area contributed by atoms with Gasteiger partial charge in [-0.15, -0.1) is 0 Å². The number of nitrogens with two attached hydrogens (primary N) is 1. The van der Waals surface area contributed by atoms with Gasteiger partial charge >= 0.3 is 0 Å². The first-order valence-corrected chi connectivity index (χ1v) is 6.77. The lowest BCUT2D eigenvalue weighted by atomic mass is 10.1. The van der Waals surface area contributed by atoms with Crippen LogP contribution in [0.5, 0.6) is 5.75 Å². The minimum Gasteiger partial charge on any atom is -0.495 e. The van der Waals surface area contributed by atoms with Crippen LogP contribution in [0.1, 0.15) is 22.8 Å². The lowest BCUT2D eigenvalue weighted by Gasteiger charge is -2.21. The normalized spacial score (nSPS) is 10.2. The number of carbonyl (C=O) groups excluding carboxylic acids is 1. The molecule has 5 nitrogen and oxygen atoms in total. The molecule has 0 aliphatic carbocycles. The van der Waals surface area contributed by atoms with E-state index in [1.54, 1.807) is 42.6 Å². The van der Waals surface area contributed by atoms with E-state index in [9.17, 15) is 4.79 Å². The highest BCUT2D eigenvalue weighted by Gasteiger charge is 2.15. The number of methoxy groups -OCH3 is 1. The minimum absolute atomic E-state index is 0.0522. The first-order chi connectivity index (χ1) is 10.2. The van der Waals surface area contributed by atoms with Crippen LogP contribution >= 0.6 is 0 Å². The topological polar surface area (TPSA) is 68.5 Å². The van der Waals surface area contributed by atoms with Gasteiger partial charge in [-0.1, -0.05) is 0 Å². The summed E-state index contributed by atoms with van der Waals surface area (Å²) in [4.78, 5) is 18.3. The summed E-state index contributed by atoms with van der Waals surface area (Å²) in [5, 5.41) is 0. The summed E-state index contributed by atoms with van der Waals surface area (Å²) in [6, 6.07) is 8.89. The van der Waals surface area contributed by atoms with Crippen LogP contribution in [0.2, 0.25) is 0 Å². The van der Waals surface area contributed by atoms with Crippen molar-refractivity contribution in [3.63, 3.8) is 0 Å². The molecule has 110 valence electrons. The molecule has 1 aromatic heterocycles. The monoisotopic (exact) mass is 285 g/mol. The summed E-state index contributed by atoms with van der Waals surface area (Å²) in [7, 11) is 1.55. The predicted molar refractivity (Wildman–Crippen MR) is 82.1 cm³/mol. The molecular formula is C16H19N3O2. The number of rotatable bonds is 5. The van der Waals surface area contributed by atoms with Gasteiger partial charge in [0.2, 0.25) is 0 Å². The van der Waals surface area contributed by atoms with Crippen LogP contribution in [0, 0.1) is 0 Å². The van der Waals surface area contributed by atoms with Gasteiger partial charge in [0, 0.05) is 31.0 Å². The molecule has 0 unspecified atom stereocenters. The van der Waals surface area contributed by atoms with E-state index in [0.29, 0.717) is 30.1 Å². The fourth-order valence-corrected chi connectivity index (χ4v) is 2.09. The maximum Gasteiger partial charge on any atom is 0.254 e. The highest BCUT2D eigenvalue weighted by atomic mass is 16.5. The Morgan fingerprint density at radius 2 is 2.00 bits per heavy atom. The number of amides is 1. The van der Waals surface area contributed by atoms with E-state index in [1.807, 2.05) is 19.1 Å². The quantitative estimate of drug-likeness (QED) is 0.856. The van der Waals surface area contributed by atoms with Crippen molar-refractivity contribution in [1.29, 1.82) is 0 Å². The first-order valence-electron chi connectivity index (χ1n) is 6.77. The van der Waals surface area contributed by atoms with Crippen LogP contribution in [-0.4, -0.2) is 29.4 Å². The molecule has 0 saturated heterocycles. The van der Waals surface area contributed by atoms with Crippen molar-refractivity contribution >= 4 is 11.6 Å². The first kappa shape index (κ1) is 14.8. The molecule has 5 heteroatoms. The Kier molecular flexibility index (Phi) is 4.77. The molecule has 0 atom stereocenters. The molecule has 0 spiro atoms. The van der Waals surface area contributed by atoms with Crippen molar-refractivity contribution in [2.24, 2.45) is 0 Å². The van der Waals surface area contributed by atoms with Gasteiger partial charge in [0.1, 0.15) is 5.75 Å². The molecule has 0 aliphatic heterocycles. The second-order valence-corrected chi connectivity index (χ2v) is 4.63. The Hall–Kier alpha value is -2.56. The molecule has 21 heavy (non-hydrogen) atoms. The van der Waals surface area contributed by atoms with E-state index in [-0.39, 0.29) is 5.91 Å². The Bertz CT molecular complexity index is 614. The Balaban J connectivity index is 2.18. The largest absolute Gasteiger partial charge is 0.495 e. The zero-order valence-corrected chi connectivity index (χ0v) is 12.2. The third-order valence-corrected chi connectivity index (χ3v) is 3.27. The number of carbonyl (C=O) groups is 1. The second-order valence-electron chi connectivity index (χ2n) is 4.63. The molecule has 1 aromatic carbocycles. The van der Waals surface area contributed by atoms with Gasteiger partial charge in [0.25, 0.3) is 5.91 Å². The fraction of sp³-hybridized carbons (Fsp3) is 0.250. The molecule has 0 saturated carbocycles. The molecule has 0 bridgehead atoms. The maximum atomic E-state index is 12.5. The molecule has 2 aromatic rings. The van der Waals surface area contributed by atoms with E-state index in [2.05, 4.69) is 4.98 Å². The van der Waals surface area contributed by atoms with Gasteiger partial charge in [-0.05, 0) is 42.8 Å². The van der Waals surface area contributed by atoms with Crippen LogP contribution < -0.4 is 10.5 Å². The number of nitrogens with zero attached hydrogens (tertiary/aromatic N) is 2. The van der Waals surface area contributed by atoms with Gasteiger partial charge < -0.3 is 15.4 Å². The summed E-state index contributed by atoms with van der Waals surface area (Å²) < 4.78 is 5.11. The number of hydrogen-bond acceptors (Lipinski definition) is 4. The van der Waals surface area contributed by atoms with Crippen LogP contribution in [0.15, 0.2) is 42.7 Å². The number of ether oxygens (including phenoxy) is 1. The van der Waals surface area contributed by atoms with Crippen LogP contribution in [-0.2, 0) is 6.54 Å². The molecule has 0 aliphatic rings. The standard InChI is InChI=1S/C16H19N3O2/c1-3-19(11-12-6-8-18-9-7-12)16(20)13-4-5-15(21-2)14(17)10-13/h4-10H,3,11,17H2,1-2H3. The van der Waals surface area contributed by atoms with E-state index < -0.39 is 0 Å². The highest BCUT2D eigenvalue weighted by Crippen LogP contribution is 2.23. The predicted octanol–water partition coefficient (Wildman–Crippen LogP) is 2.33. The van der Waals surface area contributed by atoms with E-state index >= 15 is 0 Å². The molecule has 0 radical (unpaired) electrons. The number of pyridine rings is 1. The van der Waals surface area contributed by atoms with Crippen LogP contribution in [0.4, 0.5) is 5.69 Å². The van der Waals surface area contributed by atoms with Crippen molar-refractivity contribution < 1.29 is 9.53 Å². The number of anilines is 1. The molecule has 1 heterocycles. The molecule has 2 rings (SSSR count). The average Bonchev–Trinajstić information content (AvgIpc) is 2.53. The van der Waals surface area contributed by atoms with E-state index in [1.165, 1.54) is 0 Å². The lowest BCUT2D eigenvalue weighted by molar-refractivity contribution is 0.0752. The number of benzene rings is 1.